The molecule has 4 aromatic rings. The average molecular weight is 780 g/mol. The van der Waals surface area contributed by atoms with Crippen LogP contribution in [0, 0.1) is 25.2 Å². The number of methoxy groups -OCH3 is 1. The highest BCUT2D eigenvalue weighted by Gasteiger charge is 2.59. The predicted octanol–water partition coefficient (Wildman–Crippen LogP) is 4.51. The summed E-state index contributed by atoms with van der Waals surface area (Å²) in [6.45, 7) is 5.56. The third-order valence-electron chi connectivity index (χ3n) is 12.6. The van der Waals surface area contributed by atoms with Crippen molar-refractivity contribution in [2.24, 2.45) is 0 Å². The lowest BCUT2D eigenvalue weighted by Gasteiger charge is -2.59. The highest BCUT2D eigenvalue weighted by atomic mass is 32.2. The van der Waals surface area contributed by atoms with Crippen LogP contribution in [0.3, 0.4) is 0 Å². The third kappa shape index (κ3) is 4.79. The lowest BCUT2D eigenvalue weighted by Crippen LogP contribution is -2.68. The number of nitriles is 1. The number of fused-ring (bicyclic) bond motifs is 12. The van der Waals surface area contributed by atoms with Crippen molar-refractivity contribution in [3.63, 3.8) is 0 Å². The molecule has 56 heavy (non-hydrogen) atoms. The number of phenolic OH excluding ortho intramolecular Hbond substituents is 2. The van der Waals surface area contributed by atoms with E-state index in [4.69, 9.17) is 23.7 Å². The maximum absolute atomic E-state index is 14.7. The first-order chi connectivity index (χ1) is 27.1. The Hall–Kier alpha value is -5.14. The van der Waals surface area contributed by atoms with E-state index in [1.165, 1.54) is 25.8 Å². The summed E-state index contributed by atoms with van der Waals surface area (Å²) >= 11 is 1.50. The van der Waals surface area contributed by atoms with Gasteiger partial charge in [-0.3, -0.25) is 15.0 Å². The third-order valence-corrected chi connectivity index (χ3v) is 14.1. The number of aromatic hydroxyl groups is 2. The van der Waals surface area contributed by atoms with Gasteiger partial charge in [-0.15, -0.1) is 11.8 Å². The van der Waals surface area contributed by atoms with E-state index in [-0.39, 0.29) is 43.1 Å². The van der Waals surface area contributed by atoms with E-state index in [2.05, 4.69) is 26.6 Å². The minimum atomic E-state index is -1.33. The fraction of sp³-hybridized carbons (Fsp3) is 0.439. The standard InChI is InChI=1S/C41H41N5O9S/c1-17-11-20-12-25-27(14-42)46-26-8-10-52-40(50)41(39-22(7-9-43-41)23-13-21(48)5-6-24(23)45-39)15-56-38(32(46)31(44-25)28(20)33(49)34(17)51-4)30-29(26)37-36(53-16-54-37)18(2)35(30)55-19(3)47/h5-6,11,13,25-27,31-32,38,43-45,48-49H,7-10,12,15-16H2,1-4H3/t25-,26+,27+,31+,32?,38-,41-/m1/s1. The van der Waals surface area contributed by atoms with Crippen LogP contribution in [0.25, 0.3) is 10.9 Å². The number of hydrogen-bond donors (Lipinski definition) is 5. The largest absolute Gasteiger partial charge is 0.508 e. The summed E-state index contributed by atoms with van der Waals surface area (Å²) in [6.07, 6.45) is 1.40. The van der Waals surface area contributed by atoms with Crippen molar-refractivity contribution in [1.82, 2.24) is 20.5 Å². The number of piperazine rings is 1. The number of carbonyl (C=O) groups excluding carboxylic acids is 2. The van der Waals surface area contributed by atoms with Crippen LogP contribution in [0.1, 0.15) is 75.3 Å². The first-order valence-electron chi connectivity index (χ1n) is 18.9. The first-order valence-corrected chi connectivity index (χ1v) is 20.0. The summed E-state index contributed by atoms with van der Waals surface area (Å²) in [5, 5.41) is 41.2. The lowest BCUT2D eigenvalue weighted by molar-refractivity contribution is -0.152. The molecule has 0 amide bonds. The lowest BCUT2D eigenvalue weighted by atomic mass is 9.72. The summed E-state index contributed by atoms with van der Waals surface area (Å²) in [6, 6.07) is 7.32. The van der Waals surface area contributed by atoms with Crippen molar-refractivity contribution in [3.05, 3.63) is 68.9 Å². The molecule has 0 aliphatic carbocycles. The van der Waals surface area contributed by atoms with Crippen LogP contribution < -0.4 is 29.6 Å². The van der Waals surface area contributed by atoms with E-state index in [1.54, 1.807) is 12.1 Å². The Balaban J connectivity index is 1.24. The van der Waals surface area contributed by atoms with Crippen molar-refractivity contribution < 1.29 is 43.5 Å². The van der Waals surface area contributed by atoms with Gasteiger partial charge in [-0.1, -0.05) is 6.07 Å². The molecule has 2 fully saturated rings. The zero-order chi connectivity index (χ0) is 38.8. The van der Waals surface area contributed by atoms with E-state index in [0.29, 0.717) is 59.2 Å². The zero-order valence-electron chi connectivity index (χ0n) is 31.3. The van der Waals surface area contributed by atoms with Crippen molar-refractivity contribution in [2.75, 3.05) is 32.8 Å². The Labute approximate surface area is 326 Å². The SMILES string of the molecule is COc1c(C)cc2c(c1O)[C@@H]1N[C@H](C2)[C@H](C#N)N2C1[C@@H]1SC[C@]3(NCCc4c3[nH]c3ccc(O)cc43)C(=O)OCC[C@H]2c2c3c(c(C)c(OC(C)=O)c21)OCO3. The number of aromatic nitrogens is 1. The molecular weight excluding hydrogens is 739 g/mol. The monoisotopic (exact) mass is 779 g/mol. The molecule has 1 unspecified atom stereocenters. The molecule has 7 aliphatic rings. The molecule has 290 valence electrons. The van der Waals surface area contributed by atoms with Gasteiger partial charge in [-0.2, -0.15) is 5.26 Å². The number of nitrogens with one attached hydrogen (secondary N) is 3. The average Bonchev–Trinajstić information content (AvgIpc) is 3.81. The quantitative estimate of drug-likeness (QED) is 0.141. The van der Waals surface area contributed by atoms with Gasteiger partial charge in [0, 0.05) is 76.9 Å². The first kappa shape index (κ1) is 35.3. The maximum atomic E-state index is 14.7. The Morgan fingerprint density at radius 2 is 1.93 bits per heavy atom. The van der Waals surface area contributed by atoms with Gasteiger partial charge in [0.05, 0.1) is 36.8 Å². The normalized spacial score (nSPS) is 28.7. The second kappa shape index (κ2) is 12.7. The van der Waals surface area contributed by atoms with Crippen LogP contribution in [0.15, 0.2) is 24.3 Å². The highest BCUT2D eigenvalue weighted by Crippen LogP contribution is 2.63. The number of nitrogens with zero attached hydrogens (tertiary/aromatic N) is 2. The molecule has 8 heterocycles. The zero-order valence-corrected chi connectivity index (χ0v) is 32.1. The molecule has 7 atom stereocenters. The number of thioether (sulfide) groups is 1. The number of esters is 2. The molecule has 0 radical (unpaired) electrons. The summed E-state index contributed by atoms with van der Waals surface area (Å²) in [5.41, 5.74) is 5.55. The number of carbonyl (C=O) groups is 2. The van der Waals surface area contributed by atoms with Crippen LogP contribution in [0.5, 0.6) is 34.5 Å². The molecule has 0 saturated carbocycles. The molecule has 4 bridgehead atoms. The maximum Gasteiger partial charge on any atom is 0.333 e. The van der Waals surface area contributed by atoms with Crippen LogP contribution in [-0.4, -0.2) is 83.0 Å². The van der Waals surface area contributed by atoms with Crippen LogP contribution in [0.2, 0.25) is 0 Å². The Morgan fingerprint density at radius 3 is 2.71 bits per heavy atom. The molecule has 7 aliphatic heterocycles. The van der Waals surface area contributed by atoms with Gasteiger partial charge in [-0.05, 0) is 61.6 Å². The van der Waals surface area contributed by atoms with E-state index in [9.17, 15) is 25.1 Å². The molecule has 5 N–H and O–H groups in total. The number of rotatable bonds is 2. The number of ether oxygens (including phenoxy) is 5. The van der Waals surface area contributed by atoms with E-state index in [1.807, 2.05) is 26.0 Å². The Kier molecular flexibility index (Phi) is 7.99. The molecule has 3 aromatic carbocycles. The highest BCUT2D eigenvalue weighted by molar-refractivity contribution is 7.99. The Morgan fingerprint density at radius 1 is 1.11 bits per heavy atom. The molecule has 15 heteroatoms. The van der Waals surface area contributed by atoms with Gasteiger partial charge >= 0.3 is 11.9 Å². The predicted molar refractivity (Wildman–Crippen MR) is 203 cm³/mol. The minimum Gasteiger partial charge on any atom is -0.508 e. The summed E-state index contributed by atoms with van der Waals surface area (Å²) in [5.74, 6) is 1.14. The molecule has 14 nitrogen and oxygen atoms in total. The van der Waals surface area contributed by atoms with Gasteiger partial charge < -0.3 is 44.2 Å². The van der Waals surface area contributed by atoms with Gasteiger partial charge in [0.25, 0.3) is 0 Å². The van der Waals surface area contributed by atoms with Crippen LogP contribution in [-0.2, 0) is 32.7 Å². The second-order valence-corrected chi connectivity index (χ2v) is 16.6. The number of aryl methyl sites for hydroxylation is 1. The minimum absolute atomic E-state index is 0.00342. The number of aromatic amines is 1. The fourth-order valence-corrected chi connectivity index (χ4v) is 12.2. The van der Waals surface area contributed by atoms with Gasteiger partial charge in [0.2, 0.25) is 6.79 Å². The van der Waals surface area contributed by atoms with Crippen molar-refractivity contribution in [1.29, 1.82) is 5.26 Å². The second-order valence-electron chi connectivity index (χ2n) is 15.5. The topological polar surface area (TPSA) is 188 Å². The Bertz CT molecular complexity index is 2430. The molecular formula is C41H41N5O9S. The van der Waals surface area contributed by atoms with Gasteiger partial charge in [-0.25, -0.2) is 4.79 Å². The molecule has 1 spiro atoms. The summed E-state index contributed by atoms with van der Waals surface area (Å²) < 4.78 is 30.5. The van der Waals surface area contributed by atoms with Crippen molar-refractivity contribution in [2.45, 2.75) is 81.0 Å². The van der Waals surface area contributed by atoms with Crippen LogP contribution in [0.4, 0.5) is 0 Å². The number of H-pyrrole nitrogens is 1. The van der Waals surface area contributed by atoms with E-state index in [0.717, 1.165) is 38.7 Å². The molecule has 1 aromatic heterocycles. The smallest absolute Gasteiger partial charge is 0.333 e. The van der Waals surface area contributed by atoms with Crippen molar-refractivity contribution in [3.8, 4) is 40.6 Å². The van der Waals surface area contributed by atoms with Gasteiger partial charge in [0.1, 0.15) is 17.5 Å². The number of hydrogen-bond acceptors (Lipinski definition) is 14. The summed E-state index contributed by atoms with van der Waals surface area (Å²) in [4.78, 5) is 33.4. The number of benzene rings is 3. The molecule has 11 rings (SSSR count). The van der Waals surface area contributed by atoms with E-state index < -0.39 is 46.9 Å². The molecule has 2 saturated heterocycles. The van der Waals surface area contributed by atoms with Crippen molar-refractivity contribution >= 4 is 34.6 Å². The van der Waals surface area contributed by atoms with E-state index >= 15 is 0 Å². The van der Waals surface area contributed by atoms with Crippen LogP contribution >= 0.6 is 11.8 Å². The fourth-order valence-electron chi connectivity index (χ4n) is 10.5. The number of phenols is 2. The summed E-state index contributed by atoms with van der Waals surface area (Å²) in [7, 11) is 1.54. The van der Waals surface area contributed by atoms with Gasteiger partial charge in [0.15, 0.2) is 28.5 Å².